The van der Waals surface area contributed by atoms with Crippen LogP contribution in [-0.4, -0.2) is 16.3 Å². The SMILES string of the molecule is FC(F)(F)c1ccc(NCCn2cccn2)cc1. The van der Waals surface area contributed by atoms with Crippen molar-refractivity contribution in [2.75, 3.05) is 11.9 Å². The van der Waals surface area contributed by atoms with E-state index in [-0.39, 0.29) is 0 Å². The van der Waals surface area contributed by atoms with Crippen LogP contribution in [0.4, 0.5) is 18.9 Å². The molecule has 0 saturated carbocycles. The predicted octanol–water partition coefficient (Wildman–Crippen LogP) is 3.01. The van der Waals surface area contributed by atoms with Crippen molar-refractivity contribution in [1.29, 1.82) is 0 Å². The molecule has 0 aliphatic rings. The molecule has 0 amide bonds. The van der Waals surface area contributed by atoms with Gasteiger partial charge in [-0.15, -0.1) is 0 Å². The number of hydrogen-bond donors (Lipinski definition) is 1. The standard InChI is InChI=1S/C12H12F3N3/c13-12(14,15)10-2-4-11(5-3-10)16-7-9-18-8-1-6-17-18/h1-6,8,16H,7,9H2. The molecule has 3 nitrogen and oxygen atoms in total. The number of benzene rings is 1. The van der Waals surface area contributed by atoms with Crippen LogP contribution in [0.2, 0.25) is 0 Å². The number of halogens is 3. The maximum absolute atomic E-state index is 12.3. The van der Waals surface area contributed by atoms with Gasteiger partial charge in [0.05, 0.1) is 12.1 Å². The summed E-state index contributed by atoms with van der Waals surface area (Å²) < 4.78 is 38.7. The highest BCUT2D eigenvalue weighted by molar-refractivity contribution is 5.44. The minimum Gasteiger partial charge on any atom is -0.383 e. The summed E-state index contributed by atoms with van der Waals surface area (Å²) in [5.41, 5.74) is 0.0234. The Morgan fingerprint density at radius 2 is 1.89 bits per heavy atom. The first-order valence-electron chi connectivity index (χ1n) is 5.44. The lowest BCUT2D eigenvalue weighted by Crippen LogP contribution is -2.11. The zero-order chi connectivity index (χ0) is 13.0. The van der Waals surface area contributed by atoms with E-state index < -0.39 is 11.7 Å². The lowest BCUT2D eigenvalue weighted by Gasteiger charge is -2.09. The number of hydrogen-bond acceptors (Lipinski definition) is 2. The van der Waals surface area contributed by atoms with Gasteiger partial charge in [-0.1, -0.05) is 0 Å². The molecule has 0 fully saturated rings. The van der Waals surface area contributed by atoms with E-state index >= 15 is 0 Å². The van der Waals surface area contributed by atoms with Crippen LogP contribution in [0.3, 0.4) is 0 Å². The summed E-state index contributed by atoms with van der Waals surface area (Å²) >= 11 is 0. The smallest absolute Gasteiger partial charge is 0.383 e. The Morgan fingerprint density at radius 3 is 2.44 bits per heavy atom. The van der Waals surface area contributed by atoms with E-state index in [2.05, 4.69) is 10.4 Å². The van der Waals surface area contributed by atoms with Gasteiger partial charge in [0.15, 0.2) is 0 Å². The van der Waals surface area contributed by atoms with Crippen LogP contribution in [0.5, 0.6) is 0 Å². The molecule has 2 aromatic rings. The Labute approximate surface area is 102 Å². The summed E-state index contributed by atoms with van der Waals surface area (Å²) in [7, 11) is 0. The fraction of sp³-hybridized carbons (Fsp3) is 0.250. The second-order valence-corrected chi connectivity index (χ2v) is 3.77. The Balaban J connectivity index is 1.87. The number of alkyl halides is 3. The summed E-state index contributed by atoms with van der Waals surface area (Å²) in [4.78, 5) is 0. The molecule has 1 aromatic heterocycles. The fourth-order valence-electron chi connectivity index (χ4n) is 1.52. The van der Waals surface area contributed by atoms with Crippen LogP contribution >= 0.6 is 0 Å². The average Bonchev–Trinajstić information content (AvgIpc) is 2.82. The van der Waals surface area contributed by atoms with Crippen molar-refractivity contribution in [3.05, 3.63) is 48.3 Å². The van der Waals surface area contributed by atoms with Gasteiger partial charge in [-0.3, -0.25) is 4.68 Å². The molecule has 2 rings (SSSR count). The second kappa shape index (κ2) is 5.12. The summed E-state index contributed by atoms with van der Waals surface area (Å²) in [6.07, 6.45) is -0.778. The third-order valence-corrected chi connectivity index (χ3v) is 2.44. The molecule has 0 atom stereocenters. The van der Waals surface area contributed by atoms with Crippen molar-refractivity contribution in [3.63, 3.8) is 0 Å². The Hall–Kier alpha value is -1.98. The highest BCUT2D eigenvalue weighted by atomic mass is 19.4. The maximum Gasteiger partial charge on any atom is 0.416 e. The summed E-state index contributed by atoms with van der Waals surface area (Å²) in [5.74, 6) is 0. The van der Waals surface area contributed by atoms with Gasteiger partial charge in [-0.05, 0) is 30.3 Å². The van der Waals surface area contributed by atoms with Crippen LogP contribution < -0.4 is 5.32 Å². The molecule has 0 unspecified atom stereocenters. The Morgan fingerprint density at radius 1 is 1.17 bits per heavy atom. The highest BCUT2D eigenvalue weighted by Gasteiger charge is 2.29. The molecule has 1 N–H and O–H groups in total. The second-order valence-electron chi connectivity index (χ2n) is 3.77. The van der Waals surface area contributed by atoms with Gasteiger partial charge < -0.3 is 5.32 Å². The maximum atomic E-state index is 12.3. The number of rotatable bonds is 4. The van der Waals surface area contributed by atoms with E-state index in [1.165, 1.54) is 12.1 Å². The van der Waals surface area contributed by atoms with E-state index in [9.17, 15) is 13.2 Å². The quantitative estimate of drug-likeness (QED) is 0.910. The van der Waals surface area contributed by atoms with Crippen LogP contribution in [0.15, 0.2) is 42.7 Å². The zero-order valence-electron chi connectivity index (χ0n) is 9.48. The van der Waals surface area contributed by atoms with Crippen molar-refractivity contribution < 1.29 is 13.2 Å². The molecule has 0 bridgehead atoms. The molecule has 0 radical (unpaired) electrons. The van der Waals surface area contributed by atoms with E-state index in [4.69, 9.17) is 0 Å². The fourth-order valence-corrected chi connectivity index (χ4v) is 1.52. The molecule has 1 heterocycles. The van der Waals surface area contributed by atoms with E-state index in [0.717, 1.165) is 12.1 Å². The van der Waals surface area contributed by atoms with Gasteiger partial charge >= 0.3 is 6.18 Å². The minimum atomic E-state index is -4.28. The van der Waals surface area contributed by atoms with Crippen LogP contribution in [0, 0.1) is 0 Å². The number of aromatic nitrogens is 2. The van der Waals surface area contributed by atoms with Crippen LogP contribution in [0.25, 0.3) is 0 Å². The van der Waals surface area contributed by atoms with Crippen molar-refractivity contribution >= 4 is 5.69 Å². The van der Waals surface area contributed by atoms with Gasteiger partial charge in [0, 0.05) is 24.6 Å². The summed E-state index contributed by atoms with van der Waals surface area (Å²) in [5, 5.41) is 7.06. The molecular formula is C12H12F3N3. The van der Waals surface area contributed by atoms with Gasteiger partial charge in [0.25, 0.3) is 0 Å². The molecule has 0 saturated heterocycles. The summed E-state index contributed by atoms with van der Waals surface area (Å²) in [6, 6.07) is 6.79. The van der Waals surface area contributed by atoms with Gasteiger partial charge in [0.1, 0.15) is 0 Å². The van der Waals surface area contributed by atoms with Crippen molar-refractivity contribution in [2.45, 2.75) is 12.7 Å². The highest BCUT2D eigenvalue weighted by Crippen LogP contribution is 2.29. The first-order valence-corrected chi connectivity index (χ1v) is 5.44. The zero-order valence-corrected chi connectivity index (χ0v) is 9.48. The van der Waals surface area contributed by atoms with E-state index in [1.54, 1.807) is 10.9 Å². The van der Waals surface area contributed by atoms with Crippen molar-refractivity contribution in [2.24, 2.45) is 0 Å². The normalized spacial score (nSPS) is 11.5. The Bertz CT molecular complexity index is 474. The molecule has 6 heteroatoms. The monoisotopic (exact) mass is 255 g/mol. The molecule has 0 spiro atoms. The average molecular weight is 255 g/mol. The topological polar surface area (TPSA) is 29.9 Å². The number of anilines is 1. The third kappa shape index (κ3) is 3.26. The lowest BCUT2D eigenvalue weighted by molar-refractivity contribution is -0.137. The first-order chi connectivity index (χ1) is 8.55. The molecule has 1 aromatic carbocycles. The molecule has 0 aliphatic heterocycles. The molecule has 18 heavy (non-hydrogen) atoms. The van der Waals surface area contributed by atoms with Crippen molar-refractivity contribution in [3.8, 4) is 0 Å². The first kappa shape index (κ1) is 12.5. The minimum absolute atomic E-state index is 0.604. The van der Waals surface area contributed by atoms with Gasteiger partial charge in [-0.25, -0.2) is 0 Å². The third-order valence-electron chi connectivity index (χ3n) is 2.44. The number of nitrogens with one attached hydrogen (secondary N) is 1. The predicted molar refractivity (Wildman–Crippen MR) is 62.2 cm³/mol. The van der Waals surface area contributed by atoms with Crippen molar-refractivity contribution in [1.82, 2.24) is 9.78 Å². The Kier molecular flexibility index (Phi) is 3.55. The van der Waals surface area contributed by atoms with Crippen LogP contribution in [-0.2, 0) is 12.7 Å². The molecule has 96 valence electrons. The number of nitrogens with zero attached hydrogens (tertiary/aromatic N) is 2. The summed E-state index contributed by atoms with van der Waals surface area (Å²) in [6.45, 7) is 1.26. The largest absolute Gasteiger partial charge is 0.416 e. The molecular weight excluding hydrogens is 243 g/mol. The van der Waals surface area contributed by atoms with Crippen LogP contribution in [0.1, 0.15) is 5.56 Å². The van der Waals surface area contributed by atoms with E-state index in [0.29, 0.717) is 18.8 Å². The molecule has 0 aliphatic carbocycles. The lowest BCUT2D eigenvalue weighted by atomic mass is 10.2. The van der Waals surface area contributed by atoms with Gasteiger partial charge in [-0.2, -0.15) is 18.3 Å². The van der Waals surface area contributed by atoms with E-state index in [1.807, 2.05) is 12.3 Å². The van der Waals surface area contributed by atoms with Gasteiger partial charge in [0.2, 0.25) is 0 Å².